The van der Waals surface area contributed by atoms with E-state index in [2.05, 4.69) is 10.5 Å². The molecule has 0 saturated heterocycles. The van der Waals surface area contributed by atoms with Gasteiger partial charge in [-0.05, 0) is 23.3 Å². The molecular weight excluding hydrogens is 367 g/mol. The lowest BCUT2D eigenvalue weighted by Crippen LogP contribution is -2.49. The second-order valence-electron chi connectivity index (χ2n) is 5.37. The third kappa shape index (κ3) is 2.74. The van der Waals surface area contributed by atoms with Crippen molar-refractivity contribution in [2.75, 3.05) is 0 Å². The van der Waals surface area contributed by atoms with Crippen molar-refractivity contribution >= 4 is 28.9 Å². The highest BCUT2D eigenvalue weighted by molar-refractivity contribution is 6.35. The van der Waals surface area contributed by atoms with Gasteiger partial charge in [0.25, 0.3) is 0 Å². The van der Waals surface area contributed by atoms with Gasteiger partial charge >= 0.3 is 6.18 Å². The predicted molar refractivity (Wildman–Crippen MR) is 84.9 cm³/mol. The summed E-state index contributed by atoms with van der Waals surface area (Å²) in [6.07, 6.45) is -5.16. The summed E-state index contributed by atoms with van der Waals surface area (Å²) in [7, 11) is 0. The summed E-state index contributed by atoms with van der Waals surface area (Å²) in [5.74, 6) is -0.957. The molecule has 24 heavy (non-hydrogen) atoms. The van der Waals surface area contributed by atoms with Crippen LogP contribution in [0.4, 0.5) is 17.6 Å². The van der Waals surface area contributed by atoms with Crippen LogP contribution in [0, 0.1) is 5.82 Å². The van der Waals surface area contributed by atoms with E-state index in [4.69, 9.17) is 23.2 Å². The van der Waals surface area contributed by atoms with E-state index in [0.717, 1.165) is 12.1 Å². The Bertz CT molecular complexity index is 782. The van der Waals surface area contributed by atoms with Gasteiger partial charge in [0, 0.05) is 6.42 Å². The van der Waals surface area contributed by atoms with Gasteiger partial charge in [-0.2, -0.15) is 18.3 Å². The van der Waals surface area contributed by atoms with Gasteiger partial charge in [0.05, 0.1) is 15.8 Å². The van der Waals surface area contributed by atoms with E-state index in [1.54, 1.807) is 30.3 Å². The zero-order valence-corrected chi connectivity index (χ0v) is 13.5. The highest BCUT2D eigenvalue weighted by Crippen LogP contribution is 2.46. The Hall–Kier alpha value is -1.79. The second-order valence-corrected chi connectivity index (χ2v) is 6.18. The minimum atomic E-state index is -4.70. The first-order chi connectivity index (χ1) is 11.2. The van der Waals surface area contributed by atoms with Gasteiger partial charge in [0.1, 0.15) is 0 Å². The summed E-state index contributed by atoms with van der Waals surface area (Å²) in [5, 5.41) is 2.90. The number of nitrogens with one attached hydrogen (secondary N) is 1. The van der Waals surface area contributed by atoms with Gasteiger partial charge in [-0.1, -0.05) is 53.5 Å². The Labute approximate surface area is 145 Å². The van der Waals surface area contributed by atoms with Gasteiger partial charge in [-0.3, -0.25) is 5.43 Å². The average molecular weight is 377 g/mol. The second kappa shape index (κ2) is 5.93. The van der Waals surface area contributed by atoms with Gasteiger partial charge in [0.2, 0.25) is 0 Å². The molecule has 1 heterocycles. The van der Waals surface area contributed by atoms with E-state index in [-0.39, 0.29) is 11.3 Å². The lowest BCUT2D eigenvalue weighted by Gasteiger charge is -2.32. The molecule has 0 fully saturated rings. The minimum absolute atomic E-state index is 0.240. The van der Waals surface area contributed by atoms with Gasteiger partial charge in [-0.15, -0.1) is 0 Å². The van der Waals surface area contributed by atoms with Crippen LogP contribution in [0.25, 0.3) is 0 Å². The maximum Gasteiger partial charge on any atom is 0.417 e. The highest BCUT2D eigenvalue weighted by atomic mass is 35.5. The van der Waals surface area contributed by atoms with Crippen LogP contribution in [0.2, 0.25) is 10.0 Å². The fourth-order valence-electron chi connectivity index (χ4n) is 2.59. The summed E-state index contributed by atoms with van der Waals surface area (Å²) in [4.78, 5) is 0. The van der Waals surface area contributed by atoms with Crippen LogP contribution in [0.5, 0.6) is 0 Å². The zero-order valence-electron chi connectivity index (χ0n) is 12.0. The average Bonchev–Trinajstić information content (AvgIpc) is 2.99. The normalized spacial score (nSPS) is 20.7. The molecule has 8 heteroatoms. The monoisotopic (exact) mass is 376 g/mol. The number of hydrogen-bond acceptors (Lipinski definition) is 2. The number of halogens is 6. The Morgan fingerprint density at radius 1 is 1.04 bits per heavy atom. The molecule has 0 amide bonds. The standard InChI is InChI=1S/C16H10Cl2F4N2/c17-11-6-10(7-12(18)14(11)19)15(16(20,21)22)8-13(23-24-15)9-4-2-1-3-5-9/h1-7,24H,8H2. The molecular formula is C16H10Cl2F4N2. The van der Waals surface area contributed by atoms with Crippen LogP contribution in [-0.2, 0) is 5.54 Å². The molecule has 1 N–H and O–H groups in total. The first-order valence-electron chi connectivity index (χ1n) is 6.85. The third-order valence-electron chi connectivity index (χ3n) is 3.88. The molecule has 0 saturated carbocycles. The molecule has 1 aliphatic rings. The van der Waals surface area contributed by atoms with E-state index in [1.165, 1.54) is 0 Å². The largest absolute Gasteiger partial charge is 0.417 e. The summed E-state index contributed by atoms with van der Waals surface area (Å²) < 4.78 is 55.1. The lowest BCUT2D eigenvalue weighted by molar-refractivity contribution is -0.196. The maximum absolute atomic E-state index is 13.8. The Morgan fingerprint density at radius 2 is 1.62 bits per heavy atom. The van der Waals surface area contributed by atoms with Gasteiger partial charge < -0.3 is 0 Å². The van der Waals surface area contributed by atoms with E-state index in [1.807, 2.05) is 0 Å². The summed E-state index contributed by atoms with van der Waals surface area (Å²) >= 11 is 11.3. The Morgan fingerprint density at radius 3 is 2.17 bits per heavy atom. The molecule has 1 unspecified atom stereocenters. The molecule has 2 nitrogen and oxygen atoms in total. The first kappa shape index (κ1) is 17.0. The molecule has 0 radical (unpaired) electrons. The van der Waals surface area contributed by atoms with Gasteiger partial charge in [0.15, 0.2) is 11.4 Å². The molecule has 3 rings (SSSR count). The molecule has 126 valence electrons. The quantitative estimate of drug-likeness (QED) is 0.558. The first-order valence-corrected chi connectivity index (χ1v) is 7.61. The molecule has 0 spiro atoms. The summed E-state index contributed by atoms with van der Waals surface area (Å²) in [6.45, 7) is 0. The van der Waals surface area contributed by atoms with E-state index in [9.17, 15) is 17.6 Å². The lowest BCUT2D eigenvalue weighted by atomic mass is 9.84. The van der Waals surface area contributed by atoms with Crippen molar-refractivity contribution in [3.05, 3.63) is 69.5 Å². The Kier molecular flexibility index (Phi) is 4.21. The Balaban J connectivity index is 2.07. The van der Waals surface area contributed by atoms with Crippen molar-refractivity contribution in [1.82, 2.24) is 5.43 Å². The van der Waals surface area contributed by atoms with Crippen molar-refractivity contribution in [2.24, 2.45) is 5.10 Å². The molecule has 2 aromatic rings. The number of alkyl halides is 3. The summed E-state index contributed by atoms with van der Waals surface area (Å²) in [6, 6.07) is 10.3. The molecule has 0 aliphatic carbocycles. The number of benzene rings is 2. The van der Waals surface area contributed by atoms with E-state index in [0.29, 0.717) is 5.56 Å². The highest BCUT2D eigenvalue weighted by Gasteiger charge is 2.59. The number of nitrogens with zero attached hydrogens (tertiary/aromatic N) is 1. The zero-order chi connectivity index (χ0) is 17.5. The number of rotatable bonds is 2. The molecule has 1 aliphatic heterocycles. The van der Waals surface area contributed by atoms with E-state index < -0.39 is 34.0 Å². The van der Waals surface area contributed by atoms with Crippen molar-refractivity contribution in [3.63, 3.8) is 0 Å². The maximum atomic E-state index is 13.8. The molecule has 1 atom stereocenters. The van der Waals surface area contributed by atoms with Crippen LogP contribution < -0.4 is 5.43 Å². The van der Waals surface area contributed by atoms with Crippen LogP contribution in [0.15, 0.2) is 47.6 Å². The fraction of sp³-hybridized carbons (Fsp3) is 0.188. The van der Waals surface area contributed by atoms with E-state index >= 15 is 0 Å². The fourth-order valence-corrected chi connectivity index (χ4v) is 3.07. The topological polar surface area (TPSA) is 24.4 Å². The molecule has 2 aromatic carbocycles. The van der Waals surface area contributed by atoms with Gasteiger partial charge in [-0.25, -0.2) is 4.39 Å². The van der Waals surface area contributed by atoms with Crippen molar-refractivity contribution in [1.29, 1.82) is 0 Å². The van der Waals surface area contributed by atoms with Crippen LogP contribution in [-0.4, -0.2) is 11.9 Å². The van der Waals surface area contributed by atoms with Crippen molar-refractivity contribution in [3.8, 4) is 0 Å². The number of hydrogen-bond donors (Lipinski definition) is 1. The molecule has 0 bridgehead atoms. The smallest absolute Gasteiger partial charge is 0.290 e. The van der Waals surface area contributed by atoms with Crippen molar-refractivity contribution < 1.29 is 17.6 Å². The predicted octanol–water partition coefficient (Wildman–Crippen LogP) is 5.29. The van der Waals surface area contributed by atoms with Crippen LogP contribution >= 0.6 is 23.2 Å². The number of hydrazone groups is 1. The third-order valence-corrected chi connectivity index (χ3v) is 4.43. The summed E-state index contributed by atoms with van der Waals surface area (Å²) in [5.41, 5.74) is 0.172. The van der Waals surface area contributed by atoms with Crippen LogP contribution in [0.3, 0.4) is 0 Å². The SMILES string of the molecule is Fc1c(Cl)cc(C2(C(F)(F)F)CC(c3ccccc3)=NN2)cc1Cl. The minimum Gasteiger partial charge on any atom is -0.290 e. The van der Waals surface area contributed by atoms with Crippen LogP contribution in [0.1, 0.15) is 17.5 Å². The van der Waals surface area contributed by atoms with Crippen molar-refractivity contribution in [2.45, 2.75) is 18.1 Å². The molecule has 0 aromatic heterocycles.